The van der Waals surface area contributed by atoms with Crippen molar-refractivity contribution >= 4 is 37.9 Å². The molecule has 1 heterocycles. The van der Waals surface area contributed by atoms with Crippen LogP contribution < -0.4 is 15.6 Å². The Bertz CT molecular complexity index is 907. The van der Waals surface area contributed by atoms with Crippen molar-refractivity contribution < 1.29 is 8.42 Å². The lowest BCUT2D eigenvalue weighted by atomic mass is 10.1. The van der Waals surface area contributed by atoms with Gasteiger partial charge in [0.1, 0.15) is 0 Å². The summed E-state index contributed by atoms with van der Waals surface area (Å²) >= 11 is 1.48. The Morgan fingerprint density at radius 3 is 2.29 bits per heavy atom. The lowest BCUT2D eigenvalue weighted by Crippen LogP contribution is -2.09. The predicted molar refractivity (Wildman–Crippen MR) is 99.7 cm³/mol. The zero-order valence-electron chi connectivity index (χ0n) is 12.9. The van der Waals surface area contributed by atoms with Crippen molar-refractivity contribution in [2.75, 3.05) is 21.8 Å². The molecule has 124 valence electrons. The first-order valence-corrected chi connectivity index (χ1v) is 9.87. The number of nitrogens with one attached hydrogen (secondary N) is 3. The molecule has 0 fully saturated rings. The van der Waals surface area contributed by atoms with E-state index in [1.165, 1.54) is 11.3 Å². The van der Waals surface area contributed by atoms with Gasteiger partial charge in [-0.05, 0) is 24.3 Å². The van der Waals surface area contributed by atoms with E-state index in [0.717, 1.165) is 28.3 Å². The van der Waals surface area contributed by atoms with Gasteiger partial charge in [0.25, 0.3) is 0 Å². The number of thiazole rings is 1. The quantitative estimate of drug-likeness (QED) is 0.585. The van der Waals surface area contributed by atoms with Gasteiger partial charge in [0, 0.05) is 16.6 Å². The Hall–Kier alpha value is -2.58. The maximum Gasteiger partial charge on any atom is 0.229 e. The normalized spacial score (nSPS) is 11.0. The van der Waals surface area contributed by atoms with Gasteiger partial charge in [-0.1, -0.05) is 30.3 Å². The molecule has 1 aromatic heterocycles. The van der Waals surface area contributed by atoms with Crippen molar-refractivity contribution in [2.24, 2.45) is 0 Å². The zero-order chi connectivity index (χ0) is 17.0. The second-order valence-electron chi connectivity index (χ2n) is 5.11. The first-order chi connectivity index (χ1) is 11.5. The summed E-state index contributed by atoms with van der Waals surface area (Å²) in [6.07, 6.45) is 1.12. The predicted octanol–water partition coefficient (Wildman–Crippen LogP) is 3.62. The number of hydrogen-bond donors (Lipinski definition) is 3. The van der Waals surface area contributed by atoms with Gasteiger partial charge in [-0.2, -0.15) is 0 Å². The van der Waals surface area contributed by atoms with Gasteiger partial charge >= 0.3 is 0 Å². The molecular formula is C16H16N4O2S2. The van der Waals surface area contributed by atoms with Crippen LogP contribution in [-0.2, 0) is 10.0 Å². The first kappa shape index (κ1) is 16.3. The van der Waals surface area contributed by atoms with E-state index < -0.39 is 10.0 Å². The molecule has 0 bridgehead atoms. The molecule has 2 aromatic carbocycles. The molecule has 24 heavy (non-hydrogen) atoms. The van der Waals surface area contributed by atoms with Crippen molar-refractivity contribution in [3.8, 4) is 11.3 Å². The fourth-order valence-electron chi connectivity index (χ4n) is 2.03. The SMILES string of the molecule is CS(=O)(=O)Nc1ccc(-c2csc(NNc3ccccc3)n2)cc1. The van der Waals surface area contributed by atoms with Gasteiger partial charge in [0.05, 0.1) is 17.6 Å². The number of rotatable bonds is 6. The zero-order valence-corrected chi connectivity index (χ0v) is 14.5. The maximum atomic E-state index is 11.2. The van der Waals surface area contributed by atoms with Crippen LogP contribution in [0.5, 0.6) is 0 Å². The minimum Gasteiger partial charge on any atom is -0.299 e. The Morgan fingerprint density at radius 2 is 1.62 bits per heavy atom. The van der Waals surface area contributed by atoms with Crippen molar-refractivity contribution in [2.45, 2.75) is 0 Å². The summed E-state index contributed by atoms with van der Waals surface area (Å²) in [5.41, 5.74) is 9.36. The highest BCUT2D eigenvalue weighted by Crippen LogP contribution is 2.26. The topological polar surface area (TPSA) is 83.1 Å². The number of sulfonamides is 1. The van der Waals surface area contributed by atoms with Crippen LogP contribution in [0.2, 0.25) is 0 Å². The van der Waals surface area contributed by atoms with Gasteiger partial charge in [-0.25, -0.2) is 13.4 Å². The molecule has 0 radical (unpaired) electrons. The molecule has 0 aliphatic heterocycles. The lowest BCUT2D eigenvalue weighted by molar-refractivity contribution is 0.607. The summed E-state index contributed by atoms with van der Waals surface area (Å²) in [6.45, 7) is 0. The number of anilines is 3. The van der Waals surface area contributed by atoms with Crippen LogP contribution in [0.3, 0.4) is 0 Å². The van der Waals surface area contributed by atoms with Crippen molar-refractivity contribution in [1.29, 1.82) is 0 Å². The molecule has 0 saturated heterocycles. The van der Waals surface area contributed by atoms with Crippen LogP contribution in [0.15, 0.2) is 60.0 Å². The molecule has 0 aliphatic carbocycles. The molecule has 0 aliphatic rings. The lowest BCUT2D eigenvalue weighted by Gasteiger charge is -2.06. The number of benzene rings is 2. The van der Waals surface area contributed by atoms with Crippen molar-refractivity contribution in [3.05, 3.63) is 60.0 Å². The molecule has 0 spiro atoms. The van der Waals surface area contributed by atoms with Crippen molar-refractivity contribution in [3.63, 3.8) is 0 Å². The fourth-order valence-corrected chi connectivity index (χ4v) is 3.27. The van der Waals surface area contributed by atoms with E-state index in [-0.39, 0.29) is 0 Å². The van der Waals surface area contributed by atoms with E-state index in [9.17, 15) is 8.42 Å². The van der Waals surface area contributed by atoms with Crippen LogP contribution in [0.4, 0.5) is 16.5 Å². The minimum atomic E-state index is -3.27. The molecule has 3 rings (SSSR count). The molecular weight excluding hydrogens is 344 g/mol. The molecule has 6 nitrogen and oxygen atoms in total. The Balaban J connectivity index is 1.66. The molecule has 0 unspecified atom stereocenters. The molecule has 0 atom stereocenters. The number of hydrogen-bond acceptors (Lipinski definition) is 6. The first-order valence-electron chi connectivity index (χ1n) is 7.10. The molecule has 0 saturated carbocycles. The summed E-state index contributed by atoms with van der Waals surface area (Å²) in [7, 11) is -3.27. The fraction of sp³-hybridized carbons (Fsp3) is 0.0625. The number of aromatic nitrogens is 1. The van der Waals surface area contributed by atoms with Crippen LogP contribution in [0.25, 0.3) is 11.3 Å². The van der Waals surface area contributed by atoms with E-state index in [2.05, 4.69) is 20.6 Å². The van der Waals surface area contributed by atoms with Crippen LogP contribution in [0.1, 0.15) is 0 Å². The minimum absolute atomic E-state index is 0.528. The third-order valence-electron chi connectivity index (χ3n) is 3.08. The summed E-state index contributed by atoms with van der Waals surface area (Å²) < 4.78 is 24.9. The van der Waals surface area contributed by atoms with E-state index >= 15 is 0 Å². The van der Waals surface area contributed by atoms with Crippen molar-refractivity contribution in [1.82, 2.24) is 4.98 Å². The van der Waals surface area contributed by atoms with E-state index in [1.54, 1.807) is 12.1 Å². The van der Waals surface area contributed by atoms with Gasteiger partial charge < -0.3 is 0 Å². The third kappa shape index (κ3) is 4.46. The number of para-hydroxylation sites is 1. The smallest absolute Gasteiger partial charge is 0.229 e. The van der Waals surface area contributed by atoms with E-state index in [0.29, 0.717) is 5.69 Å². The maximum absolute atomic E-state index is 11.2. The average Bonchev–Trinajstić information content (AvgIpc) is 3.02. The van der Waals surface area contributed by atoms with Crippen LogP contribution in [-0.4, -0.2) is 19.7 Å². The largest absolute Gasteiger partial charge is 0.299 e. The molecule has 3 aromatic rings. The van der Waals surface area contributed by atoms with Gasteiger partial charge in [0.15, 0.2) is 0 Å². The monoisotopic (exact) mass is 360 g/mol. The van der Waals surface area contributed by atoms with Gasteiger partial charge in [-0.15, -0.1) is 11.3 Å². The Kier molecular flexibility index (Phi) is 4.68. The summed E-state index contributed by atoms with van der Waals surface area (Å²) in [5.74, 6) is 0. The standard InChI is InChI=1S/C16H16N4O2S2/c1-24(21,22)20-14-9-7-12(8-10-14)15-11-23-16(17-15)19-18-13-5-3-2-4-6-13/h2-11,18,20H,1H3,(H,17,19). The molecule has 8 heteroatoms. The van der Waals surface area contributed by atoms with Crippen LogP contribution >= 0.6 is 11.3 Å². The summed E-state index contributed by atoms with van der Waals surface area (Å²) in [4.78, 5) is 4.51. The number of nitrogens with zero attached hydrogens (tertiary/aromatic N) is 1. The number of hydrazine groups is 1. The Morgan fingerprint density at radius 1 is 0.917 bits per heavy atom. The van der Waals surface area contributed by atoms with Crippen LogP contribution in [0, 0.1) is 0 Å². The van der Waals surface area contributed by atoms with E-state index in [1.807, 2.05) is 47.8 Å². The molecule has 3 N–H and O–H groups in total. The Labute approximate surface area is 144 Å². The molecule has 0 amide bonds. The second-order valence-corrected chi connectivity index (χ2v) is 7.71. The van der Waals surface area contributed by atoms with Gasteiger partial charge in [0.2, 0.25) is 15.2 Å². The highest BCUT2D eigenvalue weighted by Gasteiger charge is 2.06. The highest BCUT2D eigenvalue weighted by molar-refractivity contribution is 7.92. The average molecular weight is 360 g/mol. The summed E-state index contributed by atoms with van der Waals surface area (Å²) in [5, 5.41) is 2.68. The third-order valence-corrected chi connectivity index (χ3v) is 4.44. The van der Waals surface area contributed by atoms with Gasteiger partial charge in [-0.3, -0.25) is 15.6 Å². The second kappa shape index (κ2) is 6.90. The summed E-state index contributed by atoms with van der Waals surface area (Å²) in [6, 6.07) is 16.8. The van der Waals surface area contributed by atoms with E-state index in [4.69, 9.17) is 0 Å². The highest BCUT2D eigenvalue weighted by atomic mass is 32.2.